The van der Waals surface area contributed by atoms with Crippen LogP contribution < -0.4 is 5.32 Å². The average molecular weight is 460 g/mol. The third-order valence-electron chi connectivity index (χ3n) is 6.77. The molecule has 31 heavy (non-hydrogen) atoms. The van der Waals surface area contributed by atoms with E-state index in [0.717, 1.165) is 19.5 Å². The third-order valence-corrected chi connectivity index (χ3v) is 10.3. The van der Waals surface area contributed by atoms with Gasteiger partial charge in [-0.3, -0.25) is 0 Å². The molecule has 1 N–H and O–H groups in total. The van der Waals surface area contributed by atoms with Crippen LogP contribution >= 0.6 is 0 Å². The van der Waals surface area contributed by atoms with Gasteiger partial charge in [0.05, 0.1) is 0 Å². The van der Waals surface area contributed by atoms with E-state index in [-0.39, 0.29) is 5.04 Å². The van der Waals surface area contributed by atoms with Crippen LogP contribution in [-0.2, 0) is 13.3 Å². The van der Waals surface area contributed by atoms with Gasteiger partial charge in [-0.05, 0) is 25.9 Å². The Morgan fingerprint density at radius 2 is 0.903 bits per heavy atom. The van der Waals surface area contributed by atoms with Gasteiger partial charge in [-0.15, -0.1) is 0 Å². The summed E-state index contributed by atoms with van der Waals surface area (Å²) >= 11 is 0. The molecule has 0 amide bonds. The van der Waals surface area contributed by atoms with Crippen LogP contribution in [0.1, 0.15) is 130 Å². The molecule has 5 heteroatoms. The fourth-order valence-electron chi connectivity index (χ4n) is 4.56. The molecule has 0 radical (unpaired) electrons. The highest BCUT2D eigenvalue weighted by Gasteiger charge is 2.53. The van der Waals surface area contributed by atoms with E-state index in [1.807, 2.05) is 0 Å². The van der Waals surface area contributed by atoms with Crippen LogP contribution in [0.25, 0.3) is 0 Å². The van der Waals surface area contributed by atoms with Gasteiger partial charge in [0.15, 0.2) is 0 Å². The highest BCUT2D eigenvalue weighted by atomic mass is 28.4. The van der Waals surface area contributed by atoms with E-state index < -0.39 is 8.80 Å². The topological polar surface area (TPSA) is 39.7 Å². The van der Waals surface area contributed by atoms with Crippen molar-refractivity contribution in [3.05, 3.63) is 0 Å². The molecule has 4 nitrogen and oxygen atoms in total. The summed E-state index contributed by atoms with van der Waals surface area (Å²) in [5.74, 6) is 0. The second kappa shape index (κ2) is 20.6. The Hall–Kier alpha value is 0.0569. The lowest BCUT2D eigenvalue weighted by atomic mass is 10.0. The van der Waals surface area contributed by atoms with E-state index in [4.69, 9.17) is 13.3 Å². The maximum atomic E-state index is 5.66. The first-order valence-electron chi connectivity index (χ1n) is 13.4. The molecule has 0 atom stereocenters. The smallest absolute Gasteiger partial charge is 0.377 e. The van der Waals surface area contributed by atoms with Crippen molar-refractivity contribution >= 4 is 8.80 Å². The predicted octanol–water partition coefficient (Wildman–Crippen LogP) is 7.89. The molecule has 0 heterocycles. The Morgan fingerprint density at radius 3 is 1.26 bits per heavy atom. The maximum absolute atomic E-state index is 5.66. The summed E-state index contributed by atoms with van der Waals surface area (Å²) in [6.45, 7) is 8.76. The molecule has 0 saturated carbocycles. The van der Waals surface area contributed by atoms with Crippen LogP contribution in [0, 0.1) is 0 Å². The lowest BCUT2D eigenvalue weighted by Crippen LogP contribution is -2.53. The fourth-order valence-corrected chi connectivity index (χ4v) is 7.14. The normalized spacial score (nSPS) is 12.6. The van der Waals surface area contributed by atoms with Gasteiger partial charge in [0.25, 0.3) is 0 Å². The maximum Gasteiger partial charge on any atom is 0.506 e. The van der Waals surface area contributed by atoms with Gasteiger partial charge in [-0.2, -0.15) is 0 Å². The van der Waals surface area contributed by atoms with Gasteiger partial charge in [0.1, 0.15) is 0 Å². The lowest BCUT2D eigenvalue weighted by molar-refractivity contribution is 0.0932. The second-order valence-corrected chi connectivity index (χ2v) is 13.5. The number of unbranched alkanes of at least 4 members (excludes halogenated alkanes) is 15. The Labute approximate surface area is 197 Å². The van der Waals surface area contributed by atoms with Crippen molar-refractivity contribution in [3.8, 4) is 0 Å². The molecule has 0 aromatic heterocycles. The quantitative estimate of drug-likeness (QED) is 0.118. The van der Waals surface area contributed by atoms with E-state index in [1.165, 1.54) is 103 Å². The standard InChI is InChI=1S/C26H57NO3Si/c1-7-8-9-10-11-12-13-14-15-16-17-18-19-20-21-22-24-27-25-23-26(2,3)31(28-4,29-5)30-6/h27H,7-25H2,1-6H3. The Bertz CT molecular complexity index is 367. The summed E-state index contributed by atoms with van der Waals surface area (Å²) in [5, 5.41) is 3.50. The van der Waals surface area contributed by atoms with Crippen LogP contribution in [0.3, 0.4) is 0 Å². The van der Waals surface area contributed by atoms with Crippen LogP contribution in [0.15, 0.2) is 0 Å². The molecule has 0 bridgehead atoms. The molecule has 0 aliphatic rings. The van der Waals surface area contributed by atoms with Crippen molar-refractivity contribution in [2.24, 2.45) is 0 Å². The molecular weight excluding hydrogens is 402 g/mol. The average Bonchev–Trinajstić information content (AvgIpc) is 2.76. The Kier molecular flexibility index (Phi) is 20.7. The van der Waals surface area contributed by atoms with Crippen LogP contribution in [0.2, 0.25) is 5.04 Å². The Morgan fingerprint density at radius 1 is 0.548 bits per heavy atom. The molecular formula is C26H57NO3Si. The van der Waals surface area contributed by atoms with Gasteiger partial charge in [-0.25, -0.2) is 0 Å². The molecule has 0 spiro atoms. The summed E-state index contributed by atoms with van der Waals surface area (Å²) in [6, 6.07) is 0. The molecule has 0 aliphatic heterocycles. The molecule has 0 aliphatic carbocycles. The SMILES string of the molecule is CCCCCCCCCCCCCCCCCCNCCC(C)(C)[Si](OC)(OC)OC. The van der Waals surface area contributed by atoms with E-state index in [0.29, 0.717) is 0 Å². The van der Waals surface area contributed by atoms with Crippen molar-refractivity contribution in [1.29, 1.82) is 0 Å². The van der Waals surface area contributed by atoms with E-state index in [9.17, 15) is 0 Å². The molecule has 0 aromatic rings. The molecule has 0 rings (SSSR count). The fraction of sp³-hybridized carbons (Fsp3) is 1.00. The van der Waals surface area contributed by atoms with Crippen molar-refractivity contribution < 1.29 is 13.3 Å². The second-order valence-electron chi connectivity index (χ2n) is 9.86. The summed E-state index contributed by atoms with van der Waals surface area (Å²) in [6.07, 6.45) is 23.7. The zero-order valence-electron chi connectivity index (χ0n) is 22.2. The first-order chi connectivity index (χ1) is 15.0. The summed E-state index contributed by atoms with van der Waals surface area (Å²) < 4.78 is 17.0. The van der Waals surface area contributed by atoms with Crippen molar-refractivity contribution in [3.63, 3.8) is 0 Å². The predicted molar refractivity (Wildman–Crippen MR) is 138 cm³/mol. The molecule has 0 saturated heterocycles. The first kappa shape index (κ1) is 31.1. The molecule has 188 valence electrons. The minimum atomic E-state index is -2.60. The lowest BCUT2D eigenvalue weighted by Gasteiger charge is -2.38. The highest BCUT2D eigenvalue weighted by molar-refractivity contribution is 6.64. The van der Waals surface area contributed by atoms with Crippen LogP contribution in [-0.4, -0.2) is 43.2 Å². The van der Waals surface area contributed by atoms with Crippen molar-refractivity contribution in [2.75, 3.05) is 34.4 Å². The van der Waals surface area contributed by atoms with Gasteiger partial charge < -0.3 is 18.6 Å². The first-order valence-corrected chi connectivity index (χ1v) is 15.1. The minimum absolute atomic E-state index is 0.0904. The Balaban J connectivity index is 3.40. The zero-order valence-corrected chi connectivity index (χ0v) is 23.2. The minimum Gasteiger partial charge on any atom is -0.377 e. The summed E-state index contributed by atoms with van der Waals surface area (Å²) in [7, 11) is 2.50. The van der Waals surface area contributed by atoms with Crippen LogP contribution in [0.4, 0.5) is 0 Å². The largest absolute Gasteiger partial charge is 0.506 e. The van der Waals surface area contributed by atoms with Crippen LogP contribution in [0.5, 0.6) is 0 Å². The number of nitrogens with one attached hydrogen (secondary N) is 1. The number of rotatable bonds is 24. The van der Waals surface area contributed by atoms with E-state index in [1.54, 1.807) is 21.3 Å². The van der Waals surface area contributed by atoms with Crippen molar-refractivity contribution in [2.45, 2.75) is 135 Å². The summed E-state index contributed by atoms with van der Waals surface area (Å²) in [5.41, 5.74) is 0. The number of hydrogen-bond acceptors (Lipinski definition) is 4. The van der Waals surface area contributed by atoms with Gasteiger partial charge in [0.2, 0.25) is 0 Å². The van der Waals surface area contributed by atoms with E-state index in [2.05, 4.69) is 26.1 Å². The molecule has 0 unspecified atom stereocenters. The van der Waals surface area contributed by atoms with Gasteiger partial charge in [-0.1, -0.05) is 117 Å². The monoisotopic (exact) mass is 459 g/mol. The zero-order chi connectivity index (χ0) is 23.3. The number of hydrogen-bond donors (Lipinski definition) is 1. The third kappa shape index (κ3) is 14.7. The highest BCUT2D eigenvalue weighted by Crippen LogP contribution is 2.41. The van der Waals surface area contributed by atoms with E-state index >= 15 is 0 Å². The molecule has 0 aromatic carbocycles. The molecule has 0 fully saturated rings. The van der Waals surface area contributed by atoms with Gasteiger partial charge in [0, 0.05) is 26.4 Å². The van der Waals surface area contributed by atoms with Crippen molar-refractivity contribution in [1.82, 2.24) is 5.32 Å². The van der Waals surface area contributed by atoms with Gasteiger partial charge >= 0.3 is 8.80 Å². The summed E-state index contributed by atoms with van der Waals surface area (Å²) in [4.78, 5) is 0.